The van der Waals surface area contributed by atoms with E-state index in [0.29, 0.717) is 5.75 Å². The lowest BCUT2D eigenvalue weighted by Crippen LogP contribution is -1.97. The van der Waals surface area contributed by atoms with Crippen molar-refractivity contribution in [3.8, 4) is 5.75 Å². The van der Waals surface area contributed by atoms with E-state index in [-0.39, 0.29) is 6.61 Å². The van der Waals surface area contributed by atoms with Crippen molar-refractivity contribution in [1.82, 2.24) is 0 Å². The quantitative estimate of drug-likeness (QED) is 0.735. The lowest BCUT2D eigenvalue weighted by molar-refractivity contribution is 0.225. The summed E-state index contributed by atoms with van der Waals surface area (Å²) in [7, 11) is -3.66. The Morgan fingerprint density at radius 1 is 1.36 bits per heavy atom. The molecule has 1 aromatic rings. The fourth-order valence-electron chi connectivity index (χ4n) is 0.829. The molecule has 0 heterocycles. The maximum absolute atomic E-state index is 11.6. The van der Waals surface area contributed by atoms with Crippen molar-refractivity contribution in [2.24, 2.45) is 0 Å². The second kappa shape index (κ2) is 5.37. The molecule has 0 aliphatic heterocycles. The molecule has 0 aliphatic carbocycles. The highest BCUT2D eigenvalue weighted by molar-refractivity contribution is 7.49. The van der Waals surface area contributed by atoms with Crippen LogP contribution in [0.4, 0.5) is 0 Å². The lowest BCUT2D eigenvalue weighted by atomic mass is 10.3. The molecule has 0 aliphatic rings. The van der Waals surface area contributed by atoms with Crippen molar-refractivity contribution in [3.05, 3.63) is 30.3 Å². The first-order valence-electron chi connectivity index (χ1n) is 4.00. The Morgan fingerprint density at radius 2 is 2.00 bits per heavy atom. The maximum Gasteiger partial charge on any atom is 0.546 e. The van der Waals surface area contributed by atoms with E-state index in [1.54, 1.807) is 37.3 Å². The van der Waals surface area contributed by atoms with E-state index < -0.39 is 7.82 Å². The summed E-state index contributed by atoms with van der Waals surface area (Å²) in [5.74, 6) is 0.380. The van der Waals surface area contributed by atoms with Crippen LogP contribution in [-0.4, -0.2) is 6.61 Å². The second-order valence-corrected chi connectivity index (χ2v) is 4.23. The third kappa shape index (κ3) is 3.31. The summed E-state index contributed by atoms with van der Waals surface area (Å²) in [5.41, 5.74) is 0. The van der Waals surface area contributed by atoms with E-state index in [9.17, 15) is 4.57 Å². The first kappa shape index (κ1) is 11.5. The molecule has 0 aromatic heterocycles. The predicted octanol–water partition coefficient (Wildman–Crippen LogP) is 3.38. The summed E-state index contributed by atoms with van der Waals surface area (Å²) >= 11 is 5.02. The molecule has 4 nitrogen and oxygen atoms in total. The minimum absolute atomic E-state index is 0.191. The Labute approximate surface area is 87.5 Å². The zero-order valence-corrected chi connectivity index (χ0v) is 9.20. The van der Waals surface area contributed by atoms with Crippen LogP contribution in [0, 0.1) is 0 Å². The molecule has 1 rings (SSSR count). The average Bonchev–Trinajstić information content (AvgIpc) is 2.20. The molecule has 0 amide bonds. The summed E-state index contributed by atoms with van der Waals surface area (Å²) in [6, 6.07) is 8.53. The fourth-order valence-corrected chi connectivity index (χ4v) is 1.85. The Hall–Kier alpha value is -0.540. The molecule has 14 heavy (non-hydrogen) atoms. The molecule has 0 saturated heterocycles. The van der Waals surface area contributed by atoms with Crippen molar-refractivity contribution in [2.45, 2.75) is 6.92 Å². The van der Waals surface area contributed by atoms with Crippen LogP contribution in [0.1, 0.15) is 6.92 Å². The van der Waals surface area contributed by atoms with Crippen LogP contribution in [0.2, 0.25) is 0 Å². The normalized spacial score (nSPS) is 14.7. The molecule has 6 heteroatoms. The minimum Gasteiger partial charge on any atom is -0.403 e. The van der Waals surface area contributed by atoms with Crippen LogP contribution >= 0.6 is 19.7 Å². The zero-order valence-electron chi connectivity index (χ0n) is 7.55. The van der Waals surface area contributed by atoms with Crippen molar-refractivity contribution in [3.63, 3.8) is 0 Å². The van der Waals surface area contributed by atoms with Crippen LogP contribution in [0.25, 0.3) is 0 Å². The third-order valence-corrected chi connectivity index (χ3v) is 3.02. The van der Waals surface area contributed by atoms with Gasteiger partial charge >= 0.3 is 7.82 Å². The number of rotatable bonds is 5. The van der Waals surface area contributed by atoms with Gasteiger partial charge in [-0.3, -0.25) is 4.52 Å². The Bertz CT molecular complexity index is 316. The van der Waals surface area contributed by atoms with Crippen LogP contribution in [0.3, 0.4) is 0 Å². The van der Waals surface area contributed by atoms with Gasteiger partial charge in [-0.15, -0.1) is 0 Å². The van der Waals surface area contributed by atoms with Gasteiger partial charge in [0, 0.05) is 0 Å². The standard InChI is InChI=1S/C8H10ClO4P/c1-2-11-14(10,13-9)12-8-6-4-3-5-7-8/h3-7H,2H2,1H3. The van der Waals surface area contributed by atoms with Gasteiger partial charge in [-0.05, 0) is 19.1 Å². The SMILES string of the molecule is CCOP(=O)(OCl)Oc1ccccc1. The molecular weight excluding hydrogens is 227 g/mol. The maximum atomic E-state index is 11.6. The topological polar surface area (TPSA) is 44.8 Å². The largest absolute Gasteiger partial charge is 0.546 e. The summed E-state index contributed by atoms with van der Waals surface area (Å²) < 4.78 is 25.5. The molecule has 0 saturated carbocycles. The van der Waals surface area contributed by atoms with Crippen LogP contribution in [0.15, 0.2) is 30.3 Å². The predicted molar refractivity (Wildman–Crippen MR) is 53.2 cm³/mol. The average molecular weight is 237 g/mol. The van der Waals surface area contributed by atoms with Gasteiger partial charge in [-0.25, -0.2) is 4.57 Å². The van der Waals surface area contributed by atoms with Gasteiger partial charge in [0.1, 0.15) is 5.75 Å². The van der Waals surface area contributed by atoms with E-state index in [2.05, 4.69) is 4.08 Å². The number of halogens is 1. The van der Waals surface area contributed by atoms with Crippen LogP contribution in [-0.2, 0) is 13.2 Å². The third-order valence-electron chi connectivity index (χ3n) is 1.33. The Balaban J connectivity index is 2.71. The van der Waals surface area contributed by atoms with E-state index in [4.69, 9.17) is 20.9 Å². The summed E-state index contributed by atoms with van der Waals surface area (Å²) in [5, 5.41) is 0. The summed E-state index contributed by atoms with van der Waals surface area (Å²) in [6.45, 7) is 1.85. The lowest BCUT2D eigenvalue weighted by Gasteiger charge is -2.13. The van der Waals surface area contributed by atoms with E-state index >= 15 is 0 Å². The van der Waals surface area contributed by atoms with Gasteiger partial charge in [-0.1, -0.05) is 18.2 Å². The summed E-state index contributed by atoms with van der Waals surface area (Å²) in [6.07, 6.45) is 0. The van der Waals surface area contributed by atoms with E-state index in [0.717, 1.165) is 0 Å². The number of phosphoric acid groups is 1. The smallest absolute Gasteiger partial charge is 0.403 e. The summed E-state index contributed by atoms with van der Waals surface area (Å²) in [4.78, 5) is 0. The Kier molecular flexibility index (Phi) is 4.42. The molecule has 0 bridgehead atoms. The number of phosphoric ester groups is 1. The first-order valence-corrected chi connectivity index (χ1v) is 5.76. The van der Waals surface area contributed by atoms with E-state index in [1.807, 2.05) is 0 Å². The number of hydrogen-bond donors (Lipinski definition) is 0. The van der Waals surface area contributed by atoms with Crippen molar-refractivity contribution in [2.75, 3.05) is 6.61 Å². The van der Waals surface area contributed by atoms with Crippen LogP contribution < -0.4 is 4.52 Å². The Morgan fingerprint density at radius 3 is 2.50 bits per heavy atom. The zero-order chi connectivity index (χ0) is 10.4. The molecule has 0 spiro atoms. The van der Waals surface area contributed by atoms with Gasteiger partial charge in [0.2, 0.25) is 0 Å². The molecular formula is C8H10ClO4P. The van der Waals surface area contributed by atoms with Gasteiger partial charge < -0.3 is 4.52 Å². The molecule has 78 valence electrons. The molecule has 1 unspecified atom stereocenters. The van der Waals surface area contributed by atoms with Crippen molar-refractivity contribution in [1.29, 1.82) is 0 Å². The molecule has 0 N–H and O–H groups in total. The van der Waals surface area contributed by atoms with Gasteiger partial charge in [-0.2, -0.15) is 4.08 Å². The fraction of sp³-hybridized carbons (Fsp3) is 0.250. The van der Waals surface area contributed by atoms with Crippen LogP contribution in [0.5, 0.6) is 5.75 Å². The van der Waals surface area contributed by atoms with Gasteiger partial charge in [0.05, 0.1) is 18.5 Å². The van der Waals surface area contributed by atoms with Gasteiger partial charge in [0.15, 0.2) is 0 Å². The highest BCUT2D eigenvalue weighted by Crippen LogP contribution is 2.50. The monoisotopic (exact) mass is 236 g/mol. The molecule has 0 radical (unpaired) electrons. The van der Waals surface area contributed by atoms with Crippen molar-refractivity contribution < 1.29 is 17.7 Å². The highest BCUT2D eigenvalue weighted by atomic mass is 35.5. The number of para-hydroxylation sites is 1. The molecule has 1 atom stereocenters. The highest BCUT2D eigenvalue weighted by Gasteiger charge is 2.27. The first-order chi connectivity index (χ1) is 6.70. The second-order valence-electron chi connectivity index (χ2n) is 2.34. The minimum atomic E-state index is -3.66. The number of hydrogen-bond acceptors (Lipinski definition) is 4. The number of benzene rings is 1. The molecule has 0 fully saturated rings. The van der Waals surface area contributed by atoms with E-state index in [1.165, 1.54) is 0 Å². The van der Waals surface area contributed by atoms with Crippen molar-refractivity contribution >= 4 is 19.7 Å². The van der Waals surface area contributed by atoms with Gasteiger partial charge in [0.25, 0.3) is 0 Å². The molecule has 1 aromatic carbocycles.